The summed E-state index contributed by atoms with van der Waals surface area (Å²) in [6.07, 6.45) is 1.05. The summed E-state index contributed by atoms with van der Waals surface area (Å²) in [6.45, 7) is 2.69. The number of fused-ring (bicyclic) bond motifs is 1. The topological polar surface area (TPSA) is 128 Å². The van der Waals surface area contributed by atoms with Gasteiger partial charge in [-0.05, 0) is 69.1 Å². The van der Waals surface area contributed by atoms with E-state index in [0.29, 0.717) is 12.8 Å². The quantitative estimate of drug-likeness (QED) is 0.102. The van der Waals surface area contributed by atoms with E-state index >= 15 is 0 Å². The van der Waals surface area contributed by atoms with Gasteiger partial charge in [0.1, 0.15) is 6.04 Å². The number of benzene rings is 5. The van der Waals surface area contributed by atoms with Crippen molar-refractivity contribution in [3.63, 3.8) is 0 Å². The van der Waals surface area contributed by atoms with Crippen LogP contribution >= 0.6 is 0 Å². The highest BCUT2D eigenvalue weighted by Gasteiger charge is 2.34. The first kappa shape index (κ1) is 40.5. The summed E-state index contributed by atoms with van der Waals surface area (Å²) in [5, 5.41) is 15.3. The van der Waals surface area contributed by atoms with Gasteiger partial charge in [0.2, 0.25) is 0 Å². The number of hydrogen-bond donors (Lipinski definition) is 3. The Morgan fingerprint density at radius 3 is 2.19 bits per heavy atom. The van der Waals surface area contributed by atoms with Gasteiger partial charge in [-0.3, -0.25) is 4.90 Å². The Morgan fingerprint density at radius 2 is 1.48 bits per heavy atom. The number of hydrogen-bond acceptors (Lipinski definition) is 9. The molecule has 1 saturated heterocycles. The van der Waals surface area contributed by atoms with E-state index in [2.05, 4.69) is 39.8 Å². The molecule has 0 radical (unpaired) electrons. The second kappa shape index (κ2) is 19.1. The lowest BCUT2D eigenvalue weighted by atomic mass is 9.96. The Morgan fingerprint density at radius 1 is 0.776 bits per heavy atom. The SMILES string of the molecule is COC(=O)[C@H](Cc1ccccc1)NC(=O)NCc1cccc(-c2ccc([C@@H]3O[C@H](CN4CCc5cc(OC)c(OC)cc5C4)C[C@H](c4ccc(CO)cc4)O3)cc2)c1. The maximum Gasteiger partial charge on any atom is 0.328 e. The van der Waals surface area contributed by atoms with Crippen molar-refractivity contribution in [1.29, 1.82) is 0 Å². The molecule has 2 aliphatic heterocycles. The maximum absolute atomic E-state index is 12.9. The summed E-state index contributed by atoms with van der Waals surface area (Å²) >= 11 is 0. The third kappa shape index (κ3) is 10.0. The lowest BCUT2D eigenvalue weighted by Crippen LogP contribution is -2.47. The number of aliphatic hydroxyl groups excluding tert-OH is 1. The number of nitrogens with zero attached hydrogens (tertiary/aromatic N) is 1. The van der Waals surface area contributed by atoms with Crippen molar-refractivity contribution in [2.75, 3.05) is 34.4 Å². The molecule has 58 heavy (non-hydrogen) atoms. The predicted octanol–water partition coefficient (Wildman–Crippen LogP) is 7.05. The van der Waals surface area contributed by atoms with Gasteiger partial charge in [-0.25, -0.2) is 9.59 Å². The van der Waals surface area contributed by atoms with Crippen LogP contribution in [0.4, 0.5) is 4.79 Å². The fourth-order valence-corrected chi connectivity index (χ4v) is 7.69. The van der Waals surface area contributed by atoms with Gasteiger partial charge in [0.25, 0.3) is 0 Å². The molecule has 3 N–H and O–H groups in total. The average molecular weight is 786 g/mol. The minimum Gasteiger partial charge on any atom is -0.493 e. The standard InChI is InChI=1S/C47H51N3O8/c1-54-43-24-38-20-21-50(28-39(38)25-44(43)55-2)29-40-26-42(35-14-12-32(30-51)13-15-35)58-46(57-40)36-18-16-34(17-19-36)37-11-7-10-33(22-37)27-48-47(53)49-41(45(52)56-3)23-31-8-5-4-6-9-31/h4-19,22,24-25,40-42,46,51H,20-21,23,26-30H2,1-3H3,(H2,48,49,53)/t40-,41-,42+,46+/m0/s1. The third-order valence-electron chi connectivity index (χ3n) is 10.8. The van der Waals surface area contributed by atoms with Crippen LogP contribution in [0.2, 0.25) is 0 Å². The number of ether oxygens (including phenoxy) is 5. The smallest absolute Gasteiger partial charge is 0.328 e. The summed E-state index contributed by atoms with van der Waals surface area (Å²) in [4.78, 5) is 27.7. The lowest BCUT2D eigenvalue weighted by Gasteiger charge is -2.39. The van der Waals surface area contributed by atoms with E-state index in [1.807, 2.05) is 91.0 Å². The van der Waals surface area contributed by atoms with Crippen molar-refractivity contribution in [1.82, 2.24) is 15.5 Å². The van der Waals surface area contributed by atoms with E-state index in [1.165, 1.54) is 18.2 Å². The molecule has 4 atom stereocenters. The Labute approximate surface area is 339 Å². The van der Waals surface area contributed by atoms with Crippen LogP contribution in [-0.4, -0.2) is 68.6 Å². The molecule has 0 saturated carbocycles. The number of amides is 2. The molecule has 2 heterocycles. The highest BCUT2D eigenvalue weighted by Crippen LogP contribution is 2.40. The average Bonchev–Trinajstić information content (AvgIpc) is 3.27. The van der Waals surface area contributed by atoms with Crippen LogP contribution in [0.25, 0.3) is 11.1 Å². The first-order valence-electron chi connectivity index (χ1n) is 19.6. The predicted molar refractivity (Wildman–Crippen MR) is 220 cm³/mol. The minimum absolute atomic E-state index is 0.0129. The van der Waals surface area contributed by atoms with Crippen molar-refractivity contribution < 1.29 is 38.4 Å². The van der Waals surface area contributed by atoms with Crippen molar-refractivity contribution in [3.8, 4) is 22.6 Å². The summed E-state index contributed by atoms with van der Waals surface area (Å²) in [5.41, 5.74) is 9.14. The molecule has 5 aromatic rings. The first-order chi connectivity index (χ1) is 28.3. The molecule has 2 amide bonds. The van der Waals surface area contributed by atoms with Crippen LogP contribution in [0.1, 0.15) is 57.8 Å². The van der Waals surface area contributed by atoms with Crippen LogP contribution in [0.15, 0.2) is 115 Å². The molecular formula is C47H51N3O8. The second-order valence-electron chi connectivity index (χ2n) is 14.7. The zero-order valence-corrected chi connectivity index (χ0v) is 33.2. The van der Waals surface area contributed by atoms with E-state index in [4.69, 9.17) is 23.7 Å². The number of urea groups is 1. The van der Waals surface area contributed by atoms with Gasteiger partial charge in [-0.2, -0.15) is 0 Å². The summed E-state index contributed by atoms with van der Waals surface area (Å²) in [7, 11) is 4.64. The van der Waals surface area contributed by atoms with Gasteiger partial charge in [0, 0.05) is 44.6 Å². The van der Waals surface area contributed by atoms with E-state index < -0.39 is 24.3 Å². The Hall–Kier alpha value is -5.72. The monoisotopic (exact) mass is 785 g/mol. The van der Waals surface area contributed by atoms with E-state index in [0.717, 1.165) is 76.5 Å². The third-order valence-corrected chi connectivity index (χ3v) is 10.8. The van der Waals surface area contributed by atoms with Crippen molar-refractivity contribution in [3.05, 3.63) is 154 Å². The van der Waals surface area contributed by atoms with E-state index in [1.54, 1.807) is 14.2 Å². The Kier molecular flexibility index (Phi) is 13.4. The highest BCUT2D eigenvalue weighted by atomic mass is 16.7. The zero-order chi connectivity index (χ0) is 40.4. The van der Waals surface area contributed by atoms with Gasteiger partial charge in [-0.15, -0.1) is 0 Å². The van der Waals surface area contributed by atoms with Gasteiger partial charge in [-0.1, -0.05) is 97.1 Å². The van der Waals surface area contributed by atoms with Crippen LogP contribution in [0.3, 0.4) is 0 Å². The van der Waals surface area contributed by atoms with Crippen LogP contribution in [-0.2, 0) is 51.5 Å². The molecule has 0 spiro atoms. The number of rotatable bonds is 14. The Bertz CT molecular complexity index is 2140. The van der Waals surface area contributed by atoms with Gasteiger partial charge in [0.15, 0.2) is 17.8 Å². The van der Waals surface area contributed by atoms with Gasteiger partial charge < -0.3 is 39.4 Å². The number of nitrogens with one attached hydrogen (secondary N) is 2. The Balaban J connectivity index is 1.02. The van der Waals surface area contributed by atoms with Crippen molar-refractivity contribution in [2.24, 2.45) is 0 Å². The first-order valence-corrected chi connectivity index (χ1v) is 19.6. The molecule has 0 aliphatic carbocycles. The summed E-state index contributed by atoms with van der Waals surface area (Å²) in [6, 6.07) is 36.5. The second-order valence-corrected chi connectivity index (χ2v) is 14.7. The number of methoxy groups -OCH3 is 3. The molecular weight excluding hydrogens is 735 g/mol. The molecule has 0 unspecified atom stereocenters. The van der Waals surface area contributed by atoms with Crippen molar-refractivity contribution >= 4 is 12.0 Å². The fraction of sp³-hybridized carbons (Fsp3) is 0.319. The molecule has 0 bridgehead atoms. The van der Waals surface area contributed by atoms with Gasteiger partial charge >= 0.3 is 12.0 Å². The number of esters is 1. The van der Waals surface area contributed by atoms with Gasteiger partial charge in [0.05, 0.1) is 40.1 Å². The van der Waals surface area contributed by atoms with E-state index in [9.17, 15) is 14.7 Å². The highest BCUT2D eigenvalue weighted by molar-refractivity contribution is 5.83. The molecule has 0 aromatic heterocycles. The van der Waals surface area contributed by atoms with Crippen LogP contribution in [0, 0.1) is 0 Å². The fourth-order valence-electron chi connectivity index (χ4n) is 7.69. The maximum atomic E-state index is 12.9. The molecule has 11 heteroatoms. The number of aliphatic hydroxyl groups is 1. The molecule has 2 aliphatic rings. The molecule has 1 fully saturated rings. The summed E-state index contributed by atoms with van der Waals surface area (Å²) in [5.74, 6) is 0.978. The molecule has 11 nitrogen and oxygen atoms in total. The minimum atomic E-state index is -0.816. The number of carbonyl (C=O) groups excluding carboxylic acids is 2. The molecule has 302 valence electrons. The molecule has 7 rings (SSSR count). The normalized spacial score (nSPS) is 18.4. The zero-order valence-electron chi connectivity index (χ0n) is 33.2. The molecule has 5 aromatic carbocycles. The number of carbonyl (C=O) groups is 2. The summed E-state index contributed by atoms with van der Waals surface area (Å²) < 4.78 is 29.5. The lowest BCUT2D eigenvalue weighted by molar-refractivity contribution is -0.253. The van der Waals surface area contributed by atoms with Crippen molar-refractivity contribution in [2.45, 2.75) is 63.5 Å². The van der Waals surface area contributed by atoms with E-state index in [-0.39, 0.29) is 25.4 Å². The largest absolute Gasteiger partial charge is 0.493 e. The van der Waals surface area contributed by atoms with Crippen LogP contribution in [0.5, 0.6) is 11.5 Å². The van der Waals surface area contributed by atoms with Crippen LogP contribution < -0.4 is 20.1 Å².